The van der Waals surface area contributed by atoms with Gasteiger partial charge in [-0.1, -0.05) is 20.3 Å². The van der Waals surface area contributed by atoms with Crippen LogP contribution >= 0.6 is 0 Å². The normalized spacial score (nSPS) is 24.8. The molecule has 6 heteroatoms. The van der Waals surface area contributed by atoms with Gasteiger partial charge in [0.2, 0.25) is 5.91 Å². The summed E-state index contributed by atoms with van der Waals surface area (Å²) < 4.78 is 4.64. The van der Waals surface area contributed by atoms with Crippen LogP contribution in [0.1, 0.15) is 26.7 Å². The van der Waals surface area contributed by atoms with Gasteiger partial charge >= 0.3 is 11.9 Å². The quantitative estimate of drug-likeness (QED) is 0.672. The summed E-state index contributed by atoms with van der Waals surface area (Å²) in [6.45, 7) is 3.74. The third-order valence-corrected chi connectivity index (χ3v) is 3.41. The standard InChI is InChI=1S/C12H19NO5/c1-4-6(2)9(12(17)18-3)13-10(14)7-5-8(7)11(15)16/h6-9H,4-5H2,1-3H3,(H,13,14)(H,15,16). The van der Waals surface area contributed by atoms with Crippen LogP contribution in [0.4, 0.5) is 0 Å². The number of esters is 1. The Morgan fingerprint density at radius 3 is 2.39 bits per heavy atom. The largest absolute Gasteiger partial charge is 0.481 e. The lowest BCUT2D eigenvalue weighted by Gasteiger charge is -2.21. The smallest absolute Gasteiger partial charge is 0.328 e. The number of hydrogen-bond acceptors (Lipinski definition) is 4. The van der Waals surface area contributed by atoms with E-state index in [9.17, 15) is 14.4 Å². The molecule has 0 radical (unpaired) electrons. The lowest BCUT2D eigenvalue weighted by molar-refractivity contribution is -0.147. The summed E-state index contributed by atoms with van der Waals surface area (Å²) in [5, 5.41) is 11.3. The molecule has 0 aromatic rings. The molecule has 1 aliphatic rings. The molecule has 0 bridgehead atoms. The molecule has 0 aromatic heterocycles. The minimum absolute atomic E-state index is 0.0524. The van der Waals surface area contributed by atoms with Crippen molar-refractivity contribution >= 4 is 17.8 Å². The number of aliphatic carboxylic acids is 1. The van der Waals surface area contributed by atoms with Gasteiger partial charge in [-0.05, 0) is 12.3 Å². The number of methoxy groups -OCH3 is 1. The summed E-state index contributed by atoms with van der Waals surface area (Å²) in [5.74, 6) is -3.01. The zero-order chi connectivity index (χ0) is 13.9. The van der Waals surface area contributed by atoms with Crippen LogP contribution in [0.3, 0.4) is 0 Å². The van der Waals surface area contributed by atoms with E-state index in [1.165, 1.54) is 7.11 Å². The number of carbonyl (C=O) groups excluding carboxylic acids is 2. The number of ether oxygens (including phenoxy) is 1. The molecule has 0 saturated heterocycles. The highest BCUT2D eigenvalue weighted by molar-refractivity contribution is 5.92. The van der Waals surface area contributed by atoms with Crippen LogP contribution in [0.5, 0.6) is 0 Å². The highest BCUT2D eigenvalue weighted by atomic mass is 16.5. The third kappa shape index (κ3) is 3.21. The highest BCUT2D eigenvalue weighted by Gasteiger charge is 2.49. The summed E-state index contributed by atoms with van der Waals surface area (Å²) >= 11 is 0. The van der Waals surface area contributed by atoms with E-state index in [0.717, 1.165) is 0 Å². The van der Waals surface area contributed by atoms with Crippen LogP contribution in [0, 0.1) is 17.8 Å². The SMILES string of the molecule is CCC(C)C(NC(=O)C1CC1C(=O)O)C(=O)OC. The summed E-state index contributed by atoms with van der Waals surface area (Å²) in [4.78, 5) is 34.0. The Morgan fingerprint density at radius 2 is 2.00 bits per heavy atom. The van der Waals surface area contributed by atoms with E-state index in [2.05, 4.69) is 10.1 Å². The van der Waals surface area contributed by atoms with Crippen molar-refractivity contribution in [2.75, 3.05) is 7.11 Å². The van der Waals surface area contributed by atoms with Gasteiger partial charge in [0, 0.05) is 0 Å². The van der Waals surface area contributed by atoms with Crippen molar-refractivity contribution in [1.29, 1.82) is 0 Å². The summed E-state index contributed by atoms with van der Waals surface area (Å²) in [5.41, 5.74) is 0. The molecule has 18 heavy (non-hydrogen) atoms. The monoisotopic (exact) mass is 257 g/mol. The maximum atomic E-state index is 11.8. The minimum atomic E-state index is -0.965. The van der Waals surface area contributed by atoms with Gasteiger partial charge in [-0.15, -0.1) is 0 Å². The maximum Gasteiger partial charge on any atom is 0.328 e. The maximum absolute atomic E-state index is 11.8. The van der Waals surface area contributed by atoms with Crippen molar-refractivity contribution < 1.29 is 24.2 Å². The number of nitrogens with one attached hydrogen (secondary N) is 1. The van der Waals surface area contributed by atoms with Gasteiger partial charge in [-0.2, -0.15) is 0 Å². The van der Waals surface area contributed by atoms with E-state index < -0.39 is 29.8 Å². The second kappa shape index (κ2) is 5.84. The highest BCUT2D eigenvalue weighted by Crippen LogP contribution is 2.38. The molecule has 1 amide bonds. The molecule has 1 fully saturated rings. The molecular weight excluding hydrogens is 238 g/mol. The van der Waals surface area contributed by atoms with Crippen molar-refractivity contribution in [2.45, 2.75) is 32.7 Å². The number of amides is 1. The first-order chi connectivity index (χ1) is 8.42. The molecule has 0 aromatic carbocycles. The van der Waals surface area contributed by atoms with Crippen LogP contribution < -0.4 is 5.32 Å². The van der Waals surface area contributed by atoms with Gasteiger partial charge in [0.15, 0.2) is 0 Å². The first-order valence-electron chi connectivity index (χ1n) is 6.03. The molecule has 1 saturated carbocycles. The molecule has 4 atom stereocenters. The van der Waals surface area contributed by atoms with Crippen LogP contribution in [0.25, 0.3) is 0 Å². The molecule has 1 rings (SSSR count). The third-order valence-electron chi connectivity index (χ3n) is 3.41. The summed E-state index contributed by atoms with van der Waals surface area (Å²) in [6.07, 6.45) is 1.06. The van der Waals surface area contributed by atoms with Crippen molar-refractivity contribution in [3.05, 3.63) is 0 Å². The fourth-order valence-electron chi connectivity index (χ4n) is 1.81. The Kier molecular flexibility index (Phi) is 4.69. The average Bonchev–Trinajstić information content (AvgIpc) is 3.14. The Labute approximate surface area is 106 Å². The van der Waals surface area contributed by atoms with E-state index in [4.69, 9.17) is 5.11 Å². The minimum Gasteiger partial charge on any atom is -0.481 e. The van der Waals surface area contributed by atoms with Crippen LogP contribution in [0.2, 0.25) is 0 Å². The van der Waals surface area contributed by atoms with Gasteiger partial charge < -0.3 is 15.2 Å². The number of hydrogen-bond donors (Lipinski definition) is 2. The first-order valence-corrected chi connectivity index (χ1v) is 6.03. The molecule has 0 aliphatic heterocycles. The molecule has 6 nitrogen and oxygen atoms in total. The number of rotatable bonds is 6. The van der Waals surface area contributed by atoms with Gasteiger partial charge in [0.05, 0.1) is 18.9 Å². The number of carbonyl (C=O) groups is 3. The lowest BCUT2D eigenvalue weighted by Crippen LogP contribution is -2.46. The van der Waals surface area contributed by atoms with Crippen LogP contribution in [0.15, 0.2) is 0 Å². The van der Waals surface area contributed by atoms with E-state index in [0.29, 0.717) is 12.8 Å². The molecule has 102 valence electrons. The number of carboxylic acid groups (broad SMARTS) is 1. The Morgan fingerprint density at radius 1 is 1.39 bits per heavy atom. The van der Waals surface area contributed by atoms with Crippen molar-refractivity contribution in [1.82, 2.24) is 5.32 Å². The van der Waals surface area contributed by atoms with Gasteiger partial charge in [0.25, 0.3) is 0 Å². The second-order valence-electron chi connectivity index (χ2n) is 4.68. The summed E-state index contributed by atoms with van der Waals surface area (Å²) in [6, 6.07) is -0.706. The van der Waals surface area contributed by atoms with E-state index in [1.54, 1.807) is 0 Å². The summed E-state index contributed by atoms with van der Waals surface area (Å²) in [7, 11) is 1.26. The van der Waals surface area contributed by atoms with E-state index in [1.807, 2.05) is 13.8 Å². The average molecular weight is 257 g/mol. The van der Waals surface area contributed by atoms with E-state index >= 15 is 0 Å². The molecule has 0 heterocycles. The van der Waals surface area contributed by atoms with Crippen LogP contribution in [-0.2, 0) is 19.1 Å². The van der Waals surface area contributed by atoms with Gasteiger partial charge in [-0.3, -0.25) is 9.59 Å². The molecule has 0 spiro atoms. The lowest BCUT2D eigenvalue weighted by atomic mass is 9.99. The van der Waals surface area contributed by atoms with Crippen molar-refractivity contribution in [3.8, 4) is 0 Å². The van der Waals surface area contributed by atoms with Gasteiger partial charge in [-0.25, -0.2) is 4.79 Å². The Hall–Kier alpha value is -1.59. The predicted molar refractivity (Wildman–Crippen MR) is 62.6 cm³/mol. The molecule has 4 unspecified atom stereocenters. The molecule has 1 aliphatic carbocycles. The van der Waals surface area contributed by atoms with Crippen molar-refractivity contribution in [3.63, 3.8) is 0 Å². The zero-order valence-electron chi connectivity index (χ0n) is 10.8. The van der Waals surface area contributed by atoms with Gasteiger partial charge in [0.1, 0.15) is 6.04 Å². The van der Waals surface area contributed by atoms with Crippen LogP contribution in [-0.4, -0.2) is 36.1 Å². The number of carboxylic acids is 1. The Bertz CT molecular complexity index is 354. The molecule has 2 N–H and O–H groups in total. The predicted octanol–water partition coefficient (Wildman–Crippen LogP) is 0.411. The molecular formula is C12H19NO5. The van der Waals surface area contributed by atoms with Crippen molar-refractivity contribution in [2.24, 2.45) is 17.8 Å². The topological polar surface area (TPSA) is 92.7 Å². The fourth-order valence-corrected chi connectivity index (χ4v) is 1.81. The first kappa shape index (κ1) is 14.5. The second-order valence-corrected chi connectivity index (χ2v) is 4.68. The Balaban J connectivity index is 2.59. The fraction of sp³-hybridized carbons (Fsp3) is 0.750. The van der Waals surface area contributed by atoms with E-state index in [-0.39, 0.29) is 11.8 Å². The zero-order valence-corrected chi connectivity index (χ0v) is 10.8.